The Kier molecular flexibility index (Phi) is 3.12. The Hall–Kier alpha value is -0.800. The predicted molar refractivity (Wildman–Crippen MR) is 67.4 cm³/mol. The van der Waals surface area contributed by atoms with E-state index in [2.05, 4.69) is 5.32 Å². The van der Waals surface area contributed by atoms with Crippen molar-refractivity contribution in [3.63, 3.8) is 0 Å². The zero-order chi connectivity index (χ0) is 10.8. The minimum atomic E-state index is 0.233. The van der Waals surface area contributed by atoms with Gasteiger partial charge in [0.15, 0.2) is 0 Å². The van der Waals surface area contributed by atoms with Gasteiger partial charge >= 0.3 is 0 Å². The van der Waals surface area contributed by atoms with Gasteiger partial charge in [0.1, 0.15) is 5.75 Å². The first-order chi connectivity index (χ1) is 7.26. The van der Waals surface area contributed by atoms with Crippen LogP contribution in [0.25, 0.3) is 0 Å². The Morgan fingerprint density at radius 3 is 3.07 bits per heavy atom. The topological polar surface area (TPSA) is 21.3 Å². The fraction of sp³-hybridized carbons (Fsp3) is 0.364. The number of fused-ring (bicyclic) bond motifs is 1. The molecule has 1 aliphatic rings. The van der Waals surface area contributed by atoms with Crippen molar-refractivity contribution in [2.24, 2.45) is 0 Å². The second kappa shape index (κ2) is 4.37. The summed E-state index contributed by atoms with van der Waals surface area (Å²) >= 11 is 11.1. The highest BCUT2D eigenvalue weighted by Gasteiger charge is 2.21. The van der Waals surface area contributed by atoms with E-state index in [0.717, 1.165) is 34.9 Å². The highest BCUT2D eigenvalue weighted by atomic mass is 35.5. The van der Waals surface area contributed by atoms with Gasteiger partial charge in [-0.2, -0.15) is 0 Å². The van der Waals surface area contributed by atoms with Gasteiger partial charge in [-0.05, 0) is 25.0 Å². The predicted octanol–water partition coefficient (Wildman–Crippen LogP) is 3.08. The Bertz CT molecular complexity index is 394. The fourth-order valence-corrected chi connectivity index (χ4v) is 2.29. The lowest BCUT2D eigenvalue weighted by molar-refractivity contribution is 0.408. The zero-order valence-corrected chi connectivity index (χ0v) is 9.99. The number of hydrogen-bond donors (Lipinski definition) is 1. The molecule has 1 atom stereocenters. The normalized spacial score (nSPS) is 18.9. The Morgan fingerprint density at radius 1 is 1.60 bits per heavy atom. The summed E-state index contributed by atoms with van der Waals surface area (Å²) in [6, 6.07) is 3.98. The Labute approximate surface area is 99.6 Å². The highest BCUT2D eigenvalue weighted by Crippen LogP contribution is 2.37. The molecule has 0 amide bonds. The van der Waals surface area contributed by atoms with Crippen LogP contribution in [0, 0.1) is 0 Å². The van der Waals surface area contributed by atoms with Gasteiger partial charge in [0, 0.05) is 10.9 Å². The quantitative estimate of drug-likeness (QED) is 0.805. The molecule has 4 heteroatoms. The largest absolute Gasteiger partial charge is 0.496 e. The highest BCUT2D eigenvalue weighted by molar-refractivity contribution is 7.79. The number of anilines is 1. The average Bonchev–Trinajstić information content (AvgIpc) is 2.29. The van der Waals surface area contributed by atoms with E-state index in [1.165, 1.54) is 0 Å². The van der Waals surface area contributed by atoms with E-state index >= 15 is 0 Å². The van der Waals surface area contributed by atoms with Gasteiger partial charge in [-0.15, -0.1) is 0 Å². The summed E-state index contributed by atoms with van der Waals surface area (Å²) in [5.74, 6) is 0.893. The lowest BCUT2D eigenvalue weighted by Crippen LogP contribution is -2.26. The summed E-state index contributed by atoms with van der Waals surface area (Å²) in [6.45, 7) is 0. The SMILES string of the molecule is COc1ccc(Cl)c2c1CCC(C=S)N2. The molecule has 2 nitrogen and oxygen atoms in total. The Balaban J connectivity index is 2.44. The molecule has 0 fully saturated rings. The minimum absolute atomic E-state index is 0.233. The molecule has 0 saturated heterocycles. The minimum Gasteiger partial charge on any atom is -0.496 e. The number of nitrogens with one attached hydrogen (secondary N) is 1. The molecule has 1 aromatic rings. The van der Waals surface area contributed by atoms with Crippen molar-refractivity contribution in [3.05, 3.63) is 22.7 Å². The van der Waals surface area contributed by atoms with Crippen molar-refractivity contribution in [1.29, 1.82) is 0 Å². The first-order valence-electron chi connectivity index (χ1n) is 4.83. The van der Waals surface area contributed by atoms with Crippen molar-refractivity contribution < 1.29 is 4.74 Å². The smallest absolute Gasteiger partial charge is 0.124 e. The molecule has 0 aromatic heterocycles. The third-order valence-corrected chi connectivity index (χ3v) is 3.28. The van der Waals surface area contributed by atoms with Crippen molar-refractivity contribution >= 4 is 34.9 Å². The number of halogens is 1. The molecular weight excluding hydrogens is 230 g/mol. The van der Waals surface area contributed by atoms with Crippen molar-refractivity contribution in [2.45, 2.75) is 18.9 Å². The van der Waals surface area contributed by atoms with Crippen LogP contribution in [0.5, 0.6) is 5.75 Å². The molecule has 1 unspecified atom stereocenters. The van der Waals surface area contributed by atoms with Crippen LogP contribution in [-0.2, 0) is 6.42 Å². The lowest BCUT2D eigenvalue weighted by atomic mass is 9.98. The van der Waals surface area contributed by atoms with Crippen LogP contribution in [0.1, 0.15) is 12.0 Å². The first-order valence-corrected chi connectivity index (χ1v) is 5.68. The summed E-state index contributed by atoms with van der Waals surface area (Å²) < 4.78 is 5.30. The van der Waals surface area contributed by atoms with Gasteiger partial charge in [-0.3, -0.25) is 0 Å². The molecular formula is C11H12ClNOS. The number of rotatable bonds is 2. The number of hydrogen-bond acceptors (Lipinski definition) is 3. The standard InChI is InChI=1S/C11H12ClNOS/c1-14-10-5-4-9(12)11-8(10)3-2-7(6-15)13-11/h4-7,13H,2-3H2,1H3. The van der Waals surface area contributed by atoms with Gasteiger partial charge in [-0.25, -0.2) is 0 Å². The molecule has 1 aliphatic heterocycles. The monoisotopic (exact) mass is 241 g/mol. The summed E-state index contributed by atoms with van der Waals surface area (Å²) in [4.78, 5) is 0. The van der Waals surface area contributed by atoms with Crippen LogP contribution in [0.2, 0.25) is 5.02 Å². The van der Waals surface area contributed by atoms with Crippen LogP contribution in [-0.4, -0.2) is 18.5 Å². The molecule has 15 heavy (non-hydrogen) atoms. The van der Waals surface area contributed by atoms with Crippen LogP contribution in [0.4, 0.5) is 5.69 Å². The van der Waals surface area contributed by atoms with Crippen molar-refractivity contribution in [2.75, 3.05) is 12.4 Å². The summed E-state index contributed by atoms with van der Waals surface area (Å²) in [6.07, 6.45) is 1.94. The van der Waals surface area contributed by atoms with Crippen LogP contribution in [0.15, 0.2) is 12.1 Å². The van der Waals surface area contributed by atoms with E-state index < -0.39 is 0 Å². The van der Waals surface area contributed by atoms with Crippen LogP contribution < -0.4 is 10.1 Å². The lowest BCUT2D eigenvalue weighted by Gasteiger charge is -2.26. The molecule has 1 N–H and O–H groups in total. The van der Waals surface area contributed by atoms with Gasteiger partial charge in [0.05, 0.1) is 23.9 Å². The van der Waals surface area contributed by atoms with E-state index in [-0.39, 0.29) is 6.04 Å². The zero-order valence-electron chi connectivity index (χ0n) is 8.42. The van der Waals surface area contributed by atoms with Gasteiger partial charge in [0.25, 0.3) is 0 Å². The van der Waals surface area contributed by atoms with Gasteiger partial charge in [-0.1, -0.05) is 23.8 Å². The molecule has 1 heterocycles. The van der Waals surface area contributed by atoms with Crippen molar-refractivity contribution in [3.8, 4) is 5.75 Å². The van der Waals surface area contributed by atoms with E-state index in [1.54, 1.807) is 12.5 Å². The number of ether oxygens (including phenoxy) is 1. The molecule has 2 rings (SSSR count). The molecule has 0 saturated carbocycles. The van der Waals surface area contributed by atoms with E-state index in [0.29, 0.717) is 0 Å². The molecule has 0 bridgehead atoms. The molecule has 0 spiro atoms. The van der Waals surface area contributed by atoms with E-state index in [4.69, 9.17) is 28.6 Å². The molecule has 0 radical (unpaired) electrons. The molecule has 80 valence electrons. The van der Waals surface area contributed by atoms with Gasteiger partial charge < -0.3 is 10.1 Å². The summed E-state index contributed by atoms with van der Waals surface area (Å²) in [7, 11) is 1.68. The van der Waals surface area contributed by atoms with Gasteiger partial charge in [0.2, 0.25) is 0 Å². The third kappa shape index (κ3) is 1.94. The maximum Gasteiger partial charge on any atom is 0.124 e. The second-order valence-corrected chi connectivity index (χ2v) is 4.21. The number of benzene rings is 1. The number of thiocarbonyl (C=S) groups is 1. The van der Waals surface area contributed by atoms with Crippen LogP contribution in [0.3, 0.4) is 0 Å². The summed E-state index contributed by atoms with van der Waals surface area (Å²) in [5, 5.41) is 5.80. The Morgan fingerprint density at radius 2 is 2.40 bits per heavy atom. The molecule has 1 aromatic carbocycles. The average molecular weight is 242 g/mol. The third-order valence-electron chi connectivity index (χ3n) is 2.64. The number of methoxy groups -OCH3 is 1. The van der Waals surface area contributed by atoms with Crippen LogP contribution >= 0.6 is 23.8 Å². The van der Waals surface area contributed by atoms with E-state index in [1.807, 2.05) is 12.1 Å². The first kappa shape index (κ1) is 10.7. The second-order valence-electron chi connectivity index (χ2n) is 3.53. The van der Waals surface area contributed by atoms with Crippen molar-refractivity contribution in [1.82, 2.24) is 0 Å². The summed E-state index contributed by atoms with van der Waals surface area (Å²) in [5.41, 5.74) is 2.12. The van der Waals surface area contributed by atoms with E-state index in [9.17, 15) is 0 Å². The maximum absolute atomic E-state index is 6.13. The maximum atomic E-state index is 6.13. The molecule has 0 aliphatic carbocycles. The fourth-order valence-electron chi connectivity index (χ4n) is 1.86.